The molecule has 1 aromatic rings. The van der Waals surface area contributed by atoms with Gasteiger partial charge in [0.15, 0.2) is 0 Å². The van der Waals surface area contributed by atoms with Gasteiger partial charge in [-0.25, -0.2) is 9.97 Å². The van der Waals surface area contributed by atoms with Crippen LogP contribution in [-0.4, -0.2) is 21.9 Å². The van der Waals surface area contributed by atoms with Crippen LogP contribution >= 0.6 is 11.6 Å². The molecule has 1 rings (SSSR count). The molecule has 0 aliphatic heterocycles. The molecule has 0 aliphatic carbocycles. The smallest absolute Gasteiger partial charge is 0.129 e. The van der Waals surface area contributed by atoms with E-state index in [1.807, 2.05) is 19.9 Å². The van der Waals surface area contributed by atoms with E-state index in [0.717, 1.165) is 30.3 Å². The maximum absolute atomic E-state index is 6.20. The Bertz CT molecular complexity index is 319. The van der Waals surface area contributed by atoms with Crippen molar-refractivity contribution in [3.63, 3.8) is 0 Å². The van der Waals surface area contributed by atoms with Crippen LogP contribution in [0.5, 0.6) is 0 Å². The molecule has 4 heteroatoms. The fourth-order valence-electron chi connectivity index (χ4n) is 1.62. The first-order chi connectivity index (χ1) is 7.47. The zero-order valence-corrected chi connectivity index (χ0v) is 11.2. The Kier molecular flexibility index (Phi) is 5.00. The van der Waals surface area contributed by atoms with Gasteiger partial charge in [0.1, 0.15) is 11.6 Å². The lowest BCUT2D eigenvalue weighted by atomic mass is 10.1. The van der Waals surface area contributed by atoms with Gasteiger partial charge in [0.25, 0.3) is 0 Å². The van der Waals surface area contributed by atoms with E-state index >= 15 is 0 Å². The number of nitrogens with one attached hydrogen (secondary N) is 1. The number of halogens is 1. The second-order valence-corrected chi connectivity index (χ2v) is 5.17. The van der Waals surface area contributed by atoms with E-state index in [9.17, 15) is 0 Å². The molecular weight excluding hydrogens is 222 g/mol. The summed E-state index contributed by atoms with van der Waals surface area (Å²) in [5, 5.41) is 3.40. The van der Waals surface area contributed by atoms with Crippen LogP contribution in [0.1, 0.15) is 31.8 Å². The van der Waals surface area contributed by atoms with Gasteiger partial charge in [0.05, 0.1) is 5.38 Å². The van der Waals surface area contributed by atoms with Crippen LogP contribution in [0.4, 0.5) is 5.82 Å². The number of alkyl halides is 1. The van der Waals surface area contributed by atoms with Crippen molar-refractivity contribution in [1.82, 2.24) is 9.97 Å². The molecule has 0 spiro atoms. The summed E-state index contributed by atoms with van der Waals surface area (Å²) >= 11 is 6.20. The highest BCUT2D eigenvalue weighted by Crippen LogP contribution is 2.12. The molecular formula is C12H20ClN3. The minimum Gasteiger partial charge on any atom is -0.368 e. The third-order valence-corrected chi connectivity index (χ3v) is 2.53. The van der Waals surface area contributed by atoms with E-state index in [-0.39, 0.29) is 5.38 Å². The molecule has 0 aliphatic rings. The predicted octanol–water partition coefficient (Wildman–Crippen LogP) is 3.16. The Hall–Kier alpha value is -0.830. The van der Waals surface area contributed by atoms with Crippen molar-refractivity contribution in [2.75, 3.05) is 11.9 Å². The van der Waals surface area contributed by atoms with Gasteiger partial charge in [-0.2, -0.15) is 0 Å². The fourth-order valence-corrected chi connectivity index (χ4v) is 2.05. The monoisotopic (exact) mass is 241 g/mol. The maximum atomic E-state index is 6.20. The number of anilines is 1. The summed E-state index contributed by atoms with van der Waals surface area (Å²) < 4.78 is 0. The zero-order chi connectivity index (χ0) is 12.1. The van der Waals surface area contributed by atoms with Crippen molar-refractivity contribution in [3.05, 3.63) is 17.6 Å². The number of aryl methyl sites for hydroxylation is 2. The van der Waals surface area contributed by atoms with E-state index in [1.165, 1.54) is 0 Å². The highest BCUT2D eigenvalue weighted by molar-refractivity contribution is 6.20. The normalized spacial score (nSPS) is 12.9. The van der Waals surface area contributed by atoms with Gasteiger partial charge in [0, 0.05) is 18.3 Å². The van der Waals surface area contributed by atoms with Crippen molar-refractivity contribution < 1.29 is 0 Å². The summed E-state index contributed by atoms with van der Waals surface area (Å²) in [5.74, 6) is 2.27. The fraction of sp³-hybridized carbons (Fsp3) is 0.667. The minimum absolute atomic E-state index is 0.149. The third-order valence-electron chi connectivity index (χ3n) is 2.20. The highest BCUT2D eigenvalue weighted by Gasteiger charge is 2.07. The van der Waals surface area contributed by atoms with Crippen LogP contribution in [0, 0.1) is 19.8 Å². The topological polar surface area (TPSA) is 37.8 Å². The molecule has 1 aromatic heterocycles. The standard InChI is InChI=1S/C12H20ClN3/c1-8(2)5-11(13)7-14-12-6-9(3)15-10(4)16-12/h6,8,11H,5,7H2,1-4H3,(H,14,15,16). The molecule has 0 aromatic carbocycles. The number of nitrogens with zero attached hydrogens (tertiary/aromatic N) is 2. The Balaban J connectivity index is 2.48. The SMILES string of the molecule is Cc1cc(NCC(Cl)CC(C)C)nc(C)n1. The zero-order valence-electron chi connectivity index (χ0n) is 10.4. The molecule has 1 N–H and O–H groups in total. The van der Waals surface area contributed by atoms with Crippen LogP contribution in [0.2, 0.25) is 0 Å². The molecule has 90 valence electrons. The molecule has 1 atom stereocenters. The summed E-state index contributed by atoms with van der Waals surface area (Å²) in [7, 11) is 0. The summed E-state index contributed by atoms with van der Waals surface area (Å²) in [6.45, 7) is 8.95. The van der Waals surface area contributed by atoms with Gasteiger partial charge in [0.2, 0.25) is 0 Å². The molecule has 0 radical (unpaired) electrons. The van der Waals surface area contributed by atoms with E-state index < -0.39 is 0 Å². The lowest BCUT2D eigenvalue weighted by molar-refractivity contribution is 0.572. The molecule has 16 heavy (non-hydrogen) atoms. The molecule has 0 amide bonds. The number of aromatic nitrogens is 2. The van der Waals surface area contributed by atoms with Crippen molar-refractivity contribution >= 4 is 17.4 Å². The van der Waals surface area contributed by atoms with Gasteiger partial charge < -0.3 is 5.32 Å². The van der Waals surface area contributed by atoms with Gasteiger partial charge in [-0.3, -0.25) is 0 Å². The van der Waals surface area contributed by atoms with Crippen molar-refractivity contribution in [3.8, 4) is 0 Å². The molecule has 0 saturated carbocycles. The second-order valence-electron chi connectivity index (χ2n) is 4.55. The average Bonchev–Trinajstić information content (AvgIpc) is 2.12. The summed E-state index contributed by atoms with van der Waals surface area (Å²) in [5.41, 5.74) is 0.977. The lowest BCUT2D eigenvalue weighted by Crippen LogP contribution is -2.17. The second kappa shape index (κ2) is 6.04. The third kappa shape index (κ3) is 4.79. The molecule has 0 saturated heterocycles. The molecule has 1 heterocycles. The maximum Gasteiger partial charge on any atom is 0.129 e. The summed E-state index contributed by atoms with van der Waals surface area (Å²) in [6.07, 6.45) is 1.01. The predicted molar refractivity (Wildman–Crippen MR) is 69.1 cm³/mol. The van der Waals surface area contributed by atoms with E-state index in [4.69, 9.17) is 11.6 Å². The van der Waals surface area contributed by atoms with Crippen molar-refractivity contribution in [1.29, 1.82) is 0 Å². The Morgan fingerprint density at radius 3 is 2.56 bits per heavy atom. The van der Waals surface area contributed by atoms with E-state index in [1.54, 1.807) is 0 Å². The Morgan fingerprint density at radius 1 is 1.31 bits per heavy atom. The Labute approximate surface area is 103 Å². The summed E-state index contributed by atoms with van der Waals surface area (Å²) in [4.78, 5) is 8.53. The van der Waals surface area contributed by atoms with Gasteiger partial charge >= 0.3 is 0 Å². The van der Waals surface area contributed by atoms with Gasteiger partial charge in [-0.15, -0.1) is 11.6 Å². The average molecular weight is 242 g/mol. The first kappa shape index (κ1) is 13.2. The van der Waals surface area contributed by atoms with Crippen LogP contribution in [0.15, 0.2) is 6.07 Å². The van der Waals surface area contributed by atoms with Crippen LogP contribution < -0.4 is 5.32 Å². The Morgan fingerprint density at radius 2 is 2.00 bits per heavy atom. The summed E-state index contributed by atoms with van der Waals surface area (Å²) in [6, 6.07) is 1.94. The molecule has 1 unspecified atom stereocenters. The number of hydrogen-bond donors (Lipinski definition) is 1. The highest BCUT2D eigenvalue weighted by atomic mass is 35.5. The molecule has 0 bridgehead atoms. The van der Waals surface area contributed by atoms with Crippen LogP contribution in [0.25, 0.3) is 0 Å². The number of rotatable bonds is 5. The van der Waals surface area contributed by atoms with Gasteiger partial charge in [-0.1, -0.05) is 13.8 Å². The van der Waals surface area contributed by atoms with Crippen molar-refractivity contribution in [2.24, 2.45) is 5.92 Å². The molecule has 0 fully saturated rings. The molecule has 3 nitrogen and oxygen atoms in total. The lowest BCUT2D eigenvalue weighted by Gasteiger charge is -2.13. The number of hydrogen-bond acceptors (Lipinski definition) is 3. The van der Waals surface area contributed by atoms with E-state index in [2.05, 4.69) is 29.1 Å². The largest absolute Gasteiger partial charge is 0.368 e. The first-order valence-electron chi connectivity index (χ1n) is 5.67. The van der Waals surface area contributed by atoms with Crippen LogP contribution in [-0.2, 0) is 0 Å². The van der Waals surface area contributed by atoms with Gasteiger partial charge in [-0.05, 0) is 26.2 Å². The minimum atomic E-state index is 0.149. The quantitative estimate of drug-likeness (QED) is 0.805. The first-order valence-corrected chi connectivity index (χ1v) is 6.11. The van der Waals surface area contributed by atoms with E-state index in [0.29, 0.717) is 5.92 Å². The van der Waals surface area contributed by atoms with Crippen molar-refractivity contribution in [2.45, 2.75) is 39.5 Å². The van der Waals surface area contributed by atoms with Crippen LogP contribution in [0.3, 0.4) is 0 Å².